The van der Waals surface area contributed by atoms with E-state index in [9.17, 15) is 9.59 Å². The van der Waals surface area contributed by atoms with Crippen LogP contribution < -0.4 is 5.32 Å². The number of carbonyl (C=O) groups excluding carboxylic acids is 2. The Morgan fingerprint density at radius 1 is 1.56 bits per heavy atom. The third-order valence-corrected chi connectivity index (χ3v) is 2.57. The highest BCUT2D eigenvalue weighted by molar-refractivity contribution is 6.39. The fourth-order valence-corrected chi connectivity index (χ4v) is 1.65. The van der Waals surface area contributed by atoms with Crippen LogP contribution in [0.1, 0.15) is 39.5 Å². The second-order valence-electron chi connectivity index (χ2n) is 4.13. The van der Waals surface area contributed by atoms with Crippen molar-refractivity contribution in [2.75, 3.05) is 7.05 Å². The van der Waals surface area contributed by atoms with Crippen molar-refractivity contribution in [2.45, 2.75) is 45.6 Å². The molecule has 0 aromatic heterocycles. The highest BCUT2D eigenvalue weighted by atomic mass is 16.2. The van der Waals surface area contributed by atoms with Crippen molar-refractivity contribution in [3.63, 3.8) is 0 Å². The minimum atomic E-state index is -0.152. The Labute approximate surface area is 95.9 Å². The Morgan fingerprint density at radius 3 is 2.81 bits per heavy atom. The fourth-order valence-electron chi connectivity index (χ4n) is 1.65. The molecule has 2 amide bonds. The number of rotatable bonds is 4. The predicted molar refractivity (Wildman–Crippen MR) is 62.0 cm³/mol. The van der Waals surface area contributed by atoms with Crippen LogP contribution in [0.5, 0.6) is 0 Å². The Bertz CT molecular complexity index is 312. The van der Waals surface area contributed by atoms with E-state index < -0.39 is 0 Å². The highest BCUT2D eigenvalue weighted by Crippen LogP contribution is 2.07. The average Bonchev–Trinajstić information content (AvgIpc) is 2.22. The Morgan fingerprint density at radius 2 is 2.25 bits per heavy atom. The van der Waals surface area contributed by atoms with Crippen LogP contribution in [0.3, 0.4) is 0 Å². The van der Waals surface area contributed by atoms with Gasteiger partial charge in [-0.2, -0.15) is 5.10 Å². The number of hydrazone groups is 1. The molecule has 0 spiro atoms. The second-order valence-corrected chi connectivity index (χ2v) is 4.13. The molecule has 0 aromatic carbocycles. The van der Waals surface area contributed by atoms with Gasteiger partial charge in [0.15, 0.2) is 0 Å². The first kappa shape index (κ1) is 12.7. The monoisotopic (exact) mass is 225 g/mol. The molecule has 5 heteroatoms. The zero-order valence-electron chi connectivity index (χ0n) is 10.1. The number of hydrogen-bond donors (Lipinski definition) is 1. The first-order valence-electron chi connectivity index (χ1n) is 5.69. The standard InChI is InChI=1S/C11H19N3O2/c1-4-5-8(2)12-11(16)9-6-7-10(15)14(3)13-9/h8H,4-7H2,1-3H3,(H,12,16). The Balaban J connectivity index is 2.54. The third-order valence-electron chi connectivity index (χ3n) is 2.57. The van der Waals surface area contributed by atoms with E-state index in [4.69, 9.17) is 0 Å². The normalized spacial score (nSPS) is 18.1. The lowest BCUT2D eigenvalue weighted by Crippen LogP contribution is -2.41. The summed E-state index contributed by atoms with van der Waals surface area (Å²) in [5, 5.41) is 8.08. The number of nitrogens with one attached hydrogen (secondary N) is 1. The lowest BCUT2D eigenvalue weighted by atomic mass is 10.1. The summed E-state index contributed by atoms with van der Waals surface area (Å²) < 4.78 is 0. The van der Waals surface area contributed by atoms with Gasteiger partial charge >= 0.3 is 0 Å². The molecule has 0 bridgehead atoms. The zero-order chi connectivity index (χ0) is 12.1. The summed E-state index contributed by atoms with van der Waals surface area (Å²) >= 11 is 0. The lowest BCUT2D eigenvalue weighted by Gasteiger charge is -2.20. The molecule has 0 saturated heterocycles. The molecule has 1 rings (SSSR count). The van der Waals surface area contributed by atoms with E-state index >= 15 is 0 Å². The number of nitrogens with zero attached hydrogens (tertiary/aromatic N) is 2. The van der Waals surface area contributed by atoms with Gasteiger partial charge in [-0.15, -0.1) is 0 Å². The molecule has 5 nitrogen and oxygen atoms in total. The van der Waals surface area contributed by atoms with E-state index in [0.29, 0.717) is 18.6 Å². The number of carbonyl (C=O) groups is 2. The summed E-state index contributed by atoms with van der Waals surface area (Å²) in [5.74, 6) is -0.196. The first-order chi connectivity index (χ1) is 7.54. The van der Waals surface area contributed by atoms with E-state index in [1.54, 1.807) is 7.05 Å². The van der Waals surface area contributed by atoms with Gasteiger partial charge in [-0.3, -0.25) is 9.59 Å². The third kappa shape index (κ3) is 3.32. The minimum absolute atomic E-state index is 0.0434. The van der Waals surface area contributed by atoms with Crippen LogP contribution >= 0.6 is 0 Å². The molecule has 1 heterocycles. The summed E-state index contributed by atoms with van der Waals surface area (Å²) in [6, 6.07) is 0.156. The summed E-state index contributed by atoms with van der Waals surface area (Å²) in [7, 11) is 1.57. The first-order valence-corrected chi connectivity index (χ1v) is 5.69. The maximum Gasteiger partial charge on any atom is 0.267 e. The van der Waals surface area contributed by atoms with Crippen molar-refractivity contribution in [2.24, 2.45) is 5.10 Å². The SMILES string of the molecule is CCCC(C)NC(=O)C1=NN(C)C(=O)CC1. The molecule has 0 aromatic rings. The average molecular weight is 225 g/mol. The van der Waals surface area contributed by atoms with E-state index in [1.807, 2.05) is 6.92 Å². The Kier molecular flexibility index (Phi) is 4.46. The summed E-state index contributed by atoms with van der Waals surface area (Å²) in [4.78, 5) is 22.9. The van der Waals surface area contributed by atoms with Crippen LogP contribution in [0.25, 0.3) is 0 Å². The molecular weight excluding hydrogens is 206 g/mol. The fraction of sp³-hybridized carbons (Fsp3) is 0.727. The lowest BCUT2D eigenvalue weighted by molar-refractivity contribution is -0.130. The van der Waals surface area contributed by atoms with Crippen LogP contribution in [0, 0.1) is 0 Å². The quantitative estimate of drug-likeness (QED) is 0.772. The molecule has 90 valence electrons. The van der Waals surface area contributed by atoms with Gasteiger partial charge in [0.05, 0.1) is 0 Å². The molecule has 0 radical (unpaired) electrons. The van der Waals surface area contributed by atoms with Crippen LogP contribution in [0.2, 0.25) is 0 Å². The van der Waals surface area contributed by atoms with E-state index in [-0.39, 0.29) is 17.9 Å². The molecule has 0 fully saturated rings. The smallest absolute Gasteiger partial charge is 0.267 e. The van der Waals surface area contributed by atoms with Gasteiger partial charge in [-0.05, 0) is 13.3 Å². The number of amides is 2. The van der Waals surface area contributed by atoms with E-state index in [1.165, 1.54) is 5.01 Å². The van der Waals surface area contributed by atoms with Crippen LogP contribution in [-0.4, -0.2) is 35.6 Å². The van der Waals surface area contributed by atoms with Gasteiger partial charge in [0.2, 0.25) is 5.91 Å². The van der Waals surface area contributed by atoms with Crippen molar-refractivity contribution in [3.05, 3.63) is 0 Å². The molecule has 1 N–H and O–H groups in total. The molecular formula is C11H19N3O2. The molecule has 0 aliphatic carbocycles. The van der Waals surface area contributed by atoms with Crippen LogP contribution in [0.15, 0.2) is 5.10 Å². The molecule has 1 aliphatic rings. The van der Waals surface area contributed by atoms with Crippen molar-refractivity contribution in [3.8, 4) is 0 Å². The molecule has 1 atom stereocenters. The van der Waals surface area contributed by atoms with Gasteiger partial charge < -0.3 is 5.32 Å². The Hall–Kier alpha value is -1.39. The second kappa shape index (κ2) is 5.63. The van der Waals surface area contributed by atoms with Crippen molar-refractivity contribution >= 4 is 17.5 Å². The zero-order valence-corrected chi connectivity index (χ0v) is 10.1. The van der Waals surface area contributed by atoms with E-state index in [0.717, 1.165) is 12.8 Å². The van der Waals surface area contributed by atoms with E-state index in [2.05, 4.69) is 17.3 Å². The molecule has 0 saturated carbocycles. The van der Waals surface area contributed by atoms with Crippen molar-refractivity contribution in [1.82, 2.24) is 10.3 Å². The predicted octanol–water partition coefficient (Wildman–Crippen LogP) is 0.899. The van der Waals surface area contributed by atoms with Gasteiger partial charge in [-0.1, -0.05) is 13.3 Å². The summed E-state index contributed by atoms with van der Waals surface area (Å²) in [6.07, 6.45) is 2.79. The highest BCUT2D eigenvalue weighted by Gasteiger charge is 2.22. The van der Waals surface area contributed by atoms with Crippen LogP contribution in [0.4, 0.5) is 0 Å². The minimum Gasteiger partial charge on any atom is -0.348 e. The van der Waals surface area contributed by atoms with Gasteiger partial charge in [-0.25, -0.2) is 5.01 Å². The molecule has 16 heavy (non-hydrogen) atoms. The maximum atomic E-state index is 11.8. The van der Waals surface area contributed by atoms with Crippen LogP contribution in [-0.2, 0) is 9.59 Å². The maximum absolute atomic E-state index is 11.8. The molecule has 1 aliphatic heterocycles. The van der Waals surface area contributed by atoms with Crippen molar-refractivity contribution in [1.29, 1.82) is 0 Å². The van der Waals surface area contributed by atoms with Crippen molar-refractivity contribution < 1.29 is 9.59 Å². The van der Waals surface area contributed by atoms with Gasteiger partial charge in [0.1, 0.15) is 5.71 Å². The van der Waals surface area contributed by atoms with Gasteiger partial charge in [0.25, 0.3) is 5.91 Å². The van der Waals surface area contributed by atoms with Gasteiger partial charge in [0, 0.05) is 25.9 Å². The summed E-state index contributed by atoms with van der Waals surface area (Å²) in [5.41, 5.74) is 0.449. The molecule has 1 unspecified atom stereocenters. The largest absolute Gasteiger partial charge is 0.348 e. The number of hydrogen-bond acceptors (Lipinski definition) is 3. The summed E-state index contributed by atoms with van der Waals surface area (Å²) in [6.45, 7) is 4.05. The topological polar surface area (TPSA) is 61.8 Å².